The first-order chi connectivity index (χ1) is 9.72. The number of halogens is 1. The zero-order valence-corrected chi connectivity index (χ0v) is 12.4. The van der Waals surface area contributed by atoms with E-state index < -0.39 is 5.54 Å². The van der Waals surface area contributed by atoms with Gasteiger partial charge in [0.25, 0.3) is 0 Å². The molecule has 3 rings (SSSR count). The lowest BCUT2D eigenvalue weighted by molar-refractivity contribution is 0.403. The highest BCUT2D eigenvalue weighted by Gasteiger charge is 2.49. The molecule has 3 nitrogen and oxygen atoms in total. The Kier molecular flexibility index (Phi) is 3.57. The number of benzene rings is 1. The molecular weight excluding hydrogens is 274 g/mol. The van der Waals surface area contributed by atoms with Gasteiger partial charge >= 0.3 is 0 Å². The van der Waals surface area contributed by atoms with Gasteiger partial charge in [-0.15, -0.1) is 0 Å². The van der Waals surface area contributed by atoms with Crippen molar-refractivity contribution in [2.75, 3.05) is 7.11 Å². The van der Waals surface area contributed by atoms with E-state index in [4.69, 9.17) is 16.3 Å². The summed E-state index contributed by atoms with van der Waals surface area (Å²) in [7, 11) is 1.63. The van der Waals surface area contributed by atoms with Crippen molar-refractivity contribution in [1.82, 2.24) is 0 Å². The summed E-state index contributed by atoms with van der Waals surface area (Å²) in [5.74, 6) is 0.698. The fourth-order valence-corrected chi connectivity index (χ4v) is 3.64. The van der Waals surface area contributed by atoms with Crippen molar-refractivity contribution in [2.45, 2.75) is 50.5 Å². The van der Waals surface area contributed by atoms with Gasteiger partial charge in [0, 0.05) is 5.56 Å². The average Bonchev–Trinajstić information content (AvgIpc) is 3.22. The van der Waals surface area contributed by atoms with Crippen LogP contribution in [-0.4, -0.2) is 13.2 Å². The van der Waals surface area contributed by atoms with Crippen molar-refractivity contribution in [2.24, 2.45) is 4.99 Å². The molecule has 2 aliphatic rings. The molecule has 106 valence electrons. The number of methoxy groups -OCH3 is 1. The fourth-order valence-electron chi connectivity index (χ4n) is 3.34. The van der Waals surface area contributed by atoms with Crippen LogP contribution in [0.3, 0.4) is 0 Å². The van der Waals surface area contributed by atoms with Gasteiger partial charge in [0.15, 0.2) is 0 Å². The van der Waals surface area contributed by atoms with Crippen LogP contribution in [0.4, 0.5) is 0 Å². The molecular formula is C16H18ClNO2. The Bertz CT molecular complexity index is 587. The minimum Gasteiger partial charge on any atom is -0.495 e. The Morgan fingerprint density at radius 1 is 1.30 bits per heavy atom. The van der Waals surface area contributed by atoms with Crippen LogP contribution >= 0.6 is 11.6 Å². The highest BCUT2D eigenvalue weighted by molar-refractivity contribution is 6.32. The van der Waals surface area contributed by atoms with E-state index in [2.05, 4.69) is 4.99 Å². The number of fused-ring (bicyclic) bond motifs is 1. The summed E-state index contributed by atoms with van der Waals surface area (Å²) in [5, 5.41) is 0.635. The molecule has 0 heterocycles. The summed E-state index contributed by atoms with van der Waals surface area (Å²) in [6.45, 7) is 0. The number of aryl methyl sites for hydroxylation is 1. The molecule has 0 aliphatic heterocycles. The fraction of sp³-hybridized carbons (Fsp3) is 0.562. The van der Waals surface area contributed by atoms with Gasteiger partial charge in [0.1, 0.15) is 11.3 Å². The van der Waals surface area contributed by atoms with Crippen molar-refractivity contribution in [3.8, 4) is 5.75 Å². The lowest BCUT2D eigenvalue weighted by atomic mass is 9.90. The molecule has 2 aliphatic carbocycles. The first-order valence-corrected chi connectivity index (χ1v) is 7.57. The molecule has 0 spiro atoms. The number of ether oxygens (including phenoxy) is 1. The third-order valence-corrected chi connectivity index (χ3v) is 4.74. The van der Waals surface area contributed by atoms with Crippen LogP contribution in [0.15, 0.2) is 11.1 Å². The van der Waals surface area contributed by atoms with E-state index >= 15 is 0 Å². The smallest absolute Gasteiger partial charge is 0.235 e. The summed E-state index contributed by atoms with van der Waals surface area (Å²) >= 11 is 6.39. The standard InChI is InChI=1S/C16H18ClNO2/c1-20-15-13(17)9-11-5-3-2-4-6-12(11)14(15)16(7-8-16)18-10-19/h9H,2-8H2,1H3. The highest BCUT2D eigenvalue weighted by atomic mass is 35.5. The van der Waals surface area contributed by atoms with Crippen molar-refractivity contribution >= 4 is 17.7 Å². The molecule has 1 saturated carbocycles. The predicted molar refractivity (Wildman–Crippen MR) is 78.3 cm³/mol. The van der Waals surface area contributed by atoms with Gasteiger partial charge in [0.05, 0.1) is 12.1 Å². The largest absolute Gasteiger partial charge is 0.495 e. The van der Waals surface area contributed by atoms with Gasteiger partial charge in [-0.25, -0.2) is 4.79 Å². The Balaban J connectivity index is 2.24. The second kappa shape index (κ2) is 5.23. The van der Waals surface area contributed by atoms with Gasteiger partial charge < -0.3 is 4.74 Å². The molecule has 1 aromatic rings. The van der Waals surface area contributed by atoms with E-state index in [1.165, 1.54) is 30.4 Å². The number of hydrogen-bond donors (Lipinski definition) is 0. The lowest BCUT2D eigenvalue weighted by Gasteiger charge is -2.21. The van der Waals surface area contributed by atoms with Crippen LogP contribution in [0.25, 0.3) is 0 Å². The van der Waals surface area contributed by atoms with Crippen molar-refractivity contribution in [3.63, 3.8) is 0 Å². The molecule has 0 bridgehead atoms. The molecule has 0 amide bonds. The van der Waals surface area contributed by atoms with Crippen molar-refractivity contribution < 1.29 is 9.53 Å². The molecule has 1 aromatic carbocycles. The highest BCUT2D eigenvalue weighted by Crippen LogP contribution is 2.56. The molecule has 0 radical (unpaired) electrons. The Hall–Kier alpha value is -1.31. The molecule has 0 aromatic heterocycles. The first kappa shape index (κ1) is 13.7. The molecule has 1 fully saturated rings. The van der Waals surface area contributed by atoms with Crippen LogP contribution in [-0.2, 0) is 23.2 Å². The van der Waals surface area contributed by atoms with Gasteiger partial charge in [-0.2, -0.15) is 4.99 Å². The van der Waals surface area contributed by atoms with Gasteiger partial charge in [-0.05, 0) is 55.7 Å². The van der Waals surface area contributed by atoms with Crippen LogP contribution in [0.1, 0.15) is 48.8 Å². The summed E-state index contributed by atoms with van der Waals surface area (Å²) < 4.78 is 5.53. The monoisotopic (exact) mass is 291 g/mol. The lowest BCUT2D eigenvalue weighted by Crippen LogP contribution is -2.12. The maximum Gasteiger partial charge on any atom is 0.235 e. The number of rotatable bonds is 3. The maximum atomic E-state index is 10.8. The number of carbonyl (C=O) groups excluding carboxylic acids is 1. The van der Waals surface area contributed by atoms with E-state index in [1.54, 1.807) is 13.2 Å². The quantitative estimate of drug-likeness (QED) is 0.480. The molecule has 20 heavy (non-hydrogen) atoms. The minimum atomic E-state index is -0.424. The molecule has 0 unspecified atom stereocenters. The van der Waals surface area contributed by atoms with E-state index in [0.29, 0.717) is 10.8 Å². The second-order valence-electron chi connectivity index (χ2n) is 5.70. The predicted octanol–water partition coefficient (Wildman–Crippen LogP) is 3.94. The normalized spacial score (nSPS) is 19.5. The average molecular weight is 292 g/mol. The SMILES string of the molecule is COc1c(Cl)cc2c(c1C1(N=C=O)CC1)CCCCC2. The van der Waals surface area contributed by atoms with Crippen LogP contribution < -0.4 is 4.74 Å². The van der Waals surface area contributed by atoms with E-state index in [0.717, 1.165) is 31.2 Å². The summed E-state index contributed by atoms with van der Waals surface area (Å²) in [4.78, 5) is 14.9. The van der Waals surface area contributed by atoms with Gasteiger partial charge in [0.2, 0.25) is 6.08 Å². The van der Waals surface area contributed by atoms with E-state index in [1.807, 2.05) is 6.07 Å². The number of hydrogen-bond acceptors (Lipinski definition) is 3. The topological polar surface area (TPSA) is 38.7 Å². The molecule has 0 atom stereocenters. The van der Waals surface area contributed by atoms with E-state index in [9.17, 15) is 4.79 Å². The summed E-state index contributed by atoms with van der Waals surface area (Å²) in [6, 6.07) is 2.03. The Morgan fingerprint density at radius 2 is 2.05 bits per heavy atom. The third kappa shape index (κ3) is 2.15. The first-order valence-electron chi connectivity index (χ1n) is 7.19. The molecule has 4 heteroatoms. The van der Waals surface area contributed by atoms with Crippen LogP contribution in [0.5, 0.6) is 5.75 Å². The molecule has 0 N–H and O–H groups in total. The number of aliphatic imine (C=N–C) groups is 1. The van der Waals surface area contributed by atoms with Crippen LogP contribution in [0.2, 0.25) is 5.02 Å². The zero-order valence-electron chi connectivity index (χ0n) is 11.7. The molecule has 0 saturated heterocycles. The van der Waals surface area contributed by atoms with Gasteiger partial charge in [-0.1, -0.05) is 18.0 Å². The maximum absolute atomic E-state index is 10.8. The minimum absolute atomic E-state index is 0.424. The Morgan fingerprint density at radius 3 is 2.70 bits per heavy atom. The Labute approximate surface area is 124 Å². The third-order valence-electron chi connectivity index (χ3n) is 4.46. The summed E-state index contributed by atoms with van der Waals surface area (Å²) in [5.41, 5.74) is 3.23. The van der Waals surface area contributed by atoms with Crippen LogP contribution in [0, 0.1) is 0 Å². The van der Waals surface area contributed by atoms with Gasteiger partial charge in [-0.3, -0.25) is 0 Å². The second-order valence-corrected chi connectivity index (χ2v) is 6.11. The zero-order chi connectivity index (χ0) is 14.2. The number of nitrogens with zero attached hydrogens (tertiary/aromatic N) is 1. The summed E-state index contributed by atoms with van der Waals surface area (Å²) in [6.07, 6.45) is 9.17. The van der Waals surface area contributed by atoms with Crippen molar-refractivity contribution in [1.29, 1.82) is 0 Å². The van der Waals surface area contributed by atoms with E-state index in [-0.39, 0.29) is 0 Å². The van der Waals surface area contributed by atoms with Crippen molar-refractivity contribution in [3.05, 3.63) is 27.8 Å². The number of isocyanates is 1.